The minimum Gasteiger partial charge on any atom is -0.507 e. The van der Waals surface area contributed by atoms with Gasteiger partial charge in [-0.2, -0.15) is 8.78 Å². The number of carbonyl (C=O) groups excluding carboxylic acids is 1. The first kappa shape index (κ1) is 25.6. The maximum Gasteiger partial charge on any atom is 0.295 e. The second-order valence-electron chi connectivity index (χ2n) is 7.17. The Morgan fingerprint density at radius 1 is 1.37 bits per heavy atom. The molecule has 0 saturated carbocycles. The summed E-state index contributed by atoms with van der Waals surface area (Å²) in [6, 6.07) is 0. The van der Waals surface area contributed by atoms with E-state index in [4.69, 9.17) is 0 Å². The minimum atomic E-state index is -3.32. The summed E-state index contributed by atoms with van der Waals surface area (Å²) in [6.45, 7) is 14.5. The van der Waals surface area contributed by atoms with Gasteiger partial charge in [0.2, 0.25) is 0 Å². The molecule has 0 aromatic rings. The van der Waals surface area contributed by atoms with E-state index in [1.165, 1.54) is 36.9 Å². The van der Waals surface area contributed by atoms with E-state index < -0.39 is 17.3 Å². The highest BCUT2D eigenvalue weighted by Crippen LogP contribution is 2.38. The van der Waals surface area contributed by atoms with E-state index in [-0.39, 0.29) is 11.7 Å². The molecule has 0 amide bonds. The van der Waals surface area contributed by atoms with Gasteiger partial charge in [0.15, 0.2) is 5.78 Å². The molecule has 1 heterocycles. The molecule has 0 aliphatic carbocycles. The van der Waals surface area contributed by atoms with Crippen LogP contribution in [0.2, 0.25) is 0 Å². The Bertz CT molecular complexity index is 868. The molecule has 1 aliphatic rings. The fraction of sp³-hybridized carbons (Fsp3) is 0.320. The molecule has 2 nitrogen and oxygen atoms in total. The van der Waals surface area contributed by atoms with Crippen molar-refractivity contribution >= 4 is 17.5 Å². The minimum absolute atomic E-state index is 0.115. The third-order valence-corrected chi connectivity index (χ3v) is 5.91. The number of hydrogen-bond donors (Lipinski definition) is 1. The van der Waals surface area contributed by atoms with Crippen LogP contribution < -0.4 is 0 Å². The van der Waals surface area contributed by atoms with Crippen molar-refractivity contribution < 1.29 is 18.7 Å². The molecule has 5 heteroatoms. The highest BCUT2D eigenvalue weighted by molar-refractivity contribution is 8.07. The normalized spacial score (nSPS) is 17.5. The number of aliphatic hydroxyl groups is 1. The molecule has 1 aliphatic heterocycles. The van der Waals surface area contributed by atoms with Crippen molar-refractivity contribution in [2.45, 2.75) is 46.5 Å². The van der Waals surface area contributed by atoms with Crippen molar-refractivity contribution in [3.05, 3.63) is 94.1 Å². The van der Waals surface area contributed by atoms with Gasteiger partial charge >= 0.3 is 0 Å². The summed E-state index contributed by atoms with van der Waals surface area (Å²) in [5.41, 5.74) is 1.09. The van der Waals surface area contributed by atoms with Gasteiger partial charge in [0.25, 0.3) is 5.92 Å². The van der Waals surface area contributed by atoms with Crippen LogP contribution in [0.15, 0.2) is 94.1 Å². The molecule has 0 fully saturated rings. The summed E-state index contributed by atoms with van der Waals surface area (Å²) in [6.07, 6.45) is 12.3. The van der Waals surface area contributed by atoms with Gasteiger partial charge in [-0.15, -0.1) is 0 Å². The largest absolute Gasteiger partial charge is 0.507 e. The van der Waals surface area contributed by atoms with E-state index in [9.17, 15) is 18.7 Å². The predicted octanol–water partition coefficient (Wildman–Crippen LogP) is 7.77. The van der Waals surface area contributed by atoms with Gasteiger partial charge in [-0.1, -0.05) is 67.3 Å². The fourth-order valence-corrected chi connectivity index (χ4v) is 3.80. The van der Waals surface area contributed by atoms with Gasteiger partial charge in [0.05, 0.1) is 10.5 Å². The van der Waals surface area contributed by atoms with Crippen LogP contribution in [0.3, 0.4) is 0 Å². The van der Waals surface area contributed by atoms with Crippen LogP contribution in [0.25, 0.3) is 0 Å². The maximum atomic E-state index is 14.2. The van der Waals surface area contributed by atoms with Crippen LogP contribution >= 0.6 is 11.8 Å². The van der Waals surface area contributed by atoms with E-state index in [0.29, 0.717) is 23.3 Å². The Balaban J connectivity index is 2.87. The van der Waals surface area contributed by atoms with E-state index in [1.54, 1.807) is 13.0 Å². The summed E-state index contributed by atoms with van der Waals surface area (Å²) in [4.78, 5) is 14.3. The van der Waals surface area contributed by atoms with Crippen LogP contribution in [0.5, 0.6) is 0 Å². The highest BCUT2D eigenvalue weighted by Gasteiger charge is 2.31. The average Bonchev–Trinajstić information content (AvgIpc) is 2.70. The lowest BCUT2D eigenvalue weighted by molar-refractivity contribution is -0.110. The van der Waals surface area contributed by atoms with Gasteiger partial charge < -0.3 is 5.11 Å². The lowest BCUT2D eigenvalue weighted by Gasteiger charge is -2.19. The number of halogens is 2. The van der Waals surface area contributed by atoms with E-state index in [1.807, 2.05) is 13.0 Å². The lowest BCUT2D eigenvalue weighted by Crippen LogP contribution is -2.16. The van der Waals surface area contributed by atoms with Gasteiger partial charge in [-0.05, 0) is 62.8 Å². The van der Waals surface area contributed by atoms with Crippen molar-refractivity contribution in [3.63, 3.8) is 0 Å². The maximum absolute atomic E-state index is 14.2. The third-order valence-electron chi connectivity index (χ3n) is 4.56. The first-order valence-electron chi connectivity index (χ1n) is 9.72. The SMILES string of the molecule is C=C/C(O)=C(\C=C(/C)C/C=C/C(=O)C1=CCC=C(C(C)C(=C)C)S1)C(F)(F)/C=C/C. The standard InChI is InChI=1S/C25H30F2O2S/c1-7-15-25(26,27)20(21(28)8-2)16-18(5)11-9-12-22(29)24-14-10-13-23(30-24)19(6)17(3)4/h7-9,12-16,19,28H,2-3,10-11H2,1,4-6H3/b12-9+,15-7+,18-16+,21-20-. The molecule has 0 spiro atoms. The summed E-state index contributed by atoms with van der Waals surface area (Å²) in [5.74, 6) is -3.81. The molecule has 0 saturated heterocycles. The summed E-state index contributed by atoms with van der Waals surface area (Å²) >= 11 is 1.45. The summed E-state index contributed by atoms with van der Waals surface area (Å²) in [5, 5.41) is 9.83. The Morgan fingerprint density at radius 2 is 2.03 bits per heavy atom. The van der Waals surface area contributed by atoms with Gasteiger partial charge in [-0.25, -0.2) is 0 Å². The zero-order valence-corrected chi connectivity index (χ0v) is 18.9. The molecule has 0 aromatic carbocycles. The number of rotatable bonds is 10. The molecular formula is C25H30F2O2S. The smallest absolute Gasteiger partial charge is 0.295 e. The quantitative estimate of drug-likeness (QED) is 0.166. The fourth-order valence-electron chi connectivity index (χ4n) is 2.64. The Hall–Kier alpha value is -2.40. The van der Waals surface area contributed by atoms with Crippen molar-refractivity contribution in [3.8, 4) is 0 Å². The van der Waals surface area contributed by atoms with Crippen molar-refractivity contribution in [2.24, 2.45) is 5.92 Å². The zero-order chi connectivity index (χ0) is 22.9. The number of alkyl halides is 2. The second kappa shape index (κ2) is 11.7. The number of hydrogen-bond acceptors (Lipinski definition) is 3. The van der Waals surface area contributed by atoms with Crippen molar-refractivity contribution in [2.75, 3.05) is 0 Å². The molecule has 30 heavy (non-hydrogen) atoms. The molecule has 1 N–H and O–H groups in total. The Labute approximate surface area is 182 Å². The number of thioether (sulfide) groups is 1. The van der Waals surface area contributed by atoms with Gasteiger partial charge in [-0.3, -0.25) is 4.79 Å². The summed E-state index contributed by atoms with van der Waals surface area (Å²) in [7, 11) is 0. The topological polar surface area (TPSA) is 37.3 Å². The van der Waals surface area contributed by atoms with Crippen molar-refractivity contribution in [1.82, 2.24) is 0 Å². The predicted molar refractivity (Wildman–Crippen MR) is 124 cm³/mol. The van der Waals surface area contributed by atoms with E-state index in [2.05, 4.69) is 26.2 Å². The summed E-state index contributed by atoms with van der Waals surface area (Å²) < 4.78 is 28.5. The monoisotopic (exact) mass is 432 g/mol. The Kier molecular flexibility index (Phi) is 10.00. The number of carbonyl (C=O) groups is 1. The third kappa shape index (κ3) is 7.45. The molecule has 0 radical (unpaired) electrons. The first-order valence-corrected chi connectivity index (χ1v) is 10.5. The first-order chi connectivity index (χ1) is 14.0. The molecular weight excluding hydrogens is 402 g/mol. The number of allylic oxidation sites excluding steroid dienone is 13. The van der Waals surface area contributed by atoms with Crippen LogP contribution in [0, 0.1) is 5.92 Å². The number of ketones is 1. The molecule has 1 rings (SSSR count). The van der Waals surface area contributed by atoms with Gasteiger partial charge in [0, 0.05) is 5.92 Å². The van der Waals surface area contributed by atoms with Crippen LogP contribution in [0.1, 0.15) is 40.5 Å². The molecule has 1 unspecified atom stereocenters. The van der Waals surface area contributed by atoms with E-state index in [0.717, 1.165) is 22.6 Å². The van der Waals surface area contributed by atoms with E-state index >= 15 is 0 Å². The van der Waals surface area contributed by atoms with Crippen LogP contribution in [0.4, 0.5) is 8.78 Å². The second-order valence-corrected chi connectivity index (χ2v) is 8.28. The van der Waals surface area contributed by atoms with Crippen LogP contribution in [-0.4, -0.2) is 16.8 Å². The average molecular weight is 433 g/mol. The molecule has 162 valence electrons. The molecule has 1 atom stereocenters. The molecule has 0 bridgehead atoms. The van der Waals surface area contributed by atoms with Gasteiger partial charge in [0.1, 0.15) is 5.76 Å². The highest BCUT2D eigenvalue weighted by atomic mass is 32.2. The lowest BCUT2D eigenvalue weighted by atomic mass is 10.0. The van der Waals surface area contributed by atoms with Crippen molar-refractivity contribution in [1.29, 1.82) is 0 Å². The molecule has 0 aromatic heterocycles. The Morgan fingerprint density at radius 3 is 2.60 bits per heavy atom. The van der Waals surface area contributed by atoms with Crippen LogP contribution in [-0.2, 0) is 4.79 Å². The zero-order valence-electron chi connectivity index (χ0n) is 18.0. The number of aliphatic hydroxyl groups excluding tert-OH is 1.